The molecule has 0 radical (unpaired) electrons. The van der Waals surface area contributed by atoms with Crippen molar-refractivity contribution in [2.45, 2.75) is 111 Å². The number of fused-ring (bicyclic) bond motifs is 5. The summed E-state index contributed by atoms with van der Waals surface area (Å²) in [7, 11) is 0. The third-order valence-electron chi connectivity index (χ3n) is 11.2. The summed E-state index contributed by atoms with van der Waals surface area (Å²) < 4.78 is 0. The van der Waals surface area contributed by atoms with Gasteiger partial charge in [0.05, 0.1) is 18.3 Å². The maximum absolute atomic E-state index is 11.3. The van der Waals surface area contributed by atoms with Gasteiger partial charge in [-0.15, -0.1) is 0 Å². The van der Waals surface area contributed by atoms with Gasteiger partial charge in [0.25, 0.3) is 0 Å². The molecule has 3 N–H and O–H groups in total. The molecule has 0 amide bonds. The van der Waals surface area contributed by atoms with Crippen molar-refractivity contribution in [3.8, 4) is 0 Å². The van der Waals surface area contributed by atoms with Crippen LogP contribution in [0.1, 0.15) is 92.9 Å². The van der Waals surface area contributed by atoms with Crippen molar-refractivity contribution in [2.75, 3.05) is 0 Å². The molecule has 3 heteroatoms. The summed E-state index contributed by atoms with van der Waals surface area (Å²) in [6.07, 6.45) is 9.70. The zero-order valence-electron chi connectivity index (χ0n) is 20.8. The molecule has 31 heavy (non-hydrogen) atoms. The number of aliphatic hydroxyl groups is 3. The van der Waals surface area contributed by atoms with Crippen LogP contribution in [-0.2, 0) is 0 Å². The van der Waals surface area contributed by atoms with Crippen LogP contribution in [0.2, 0.25) is 0 Å². The van der Waals surface area contributed by atoms with E-state index < -0.39 is 0 Å². The van der Waals surface area contributed by atoms with Gasteiger partial charge in [0, 0.05) is 0 Å². The Kier molecular flexibility index (Phi) is 6.47. The third kappa shape index (κ3) is 3.85. The lowest BCUT2D eigenvalue weighted by molar-refractivity contribution is -0.103. The first kappa shape index (κ1) is 23.8. The molecular weight excluding hydrogens is 384 g/mol. The lowest BCUT2D eigenvalue weighted by Crippen LogP contribution is -2.55. The monoisotopic (exact) mass is 432 g/mol. The van der Waals surface area contributed by atoms with E-state index in [2.05, 4.69) is 47.6 Å². The van der Waals surface area contributed by atoms with Crippen LogP contribution in [0.25, 0.3) is 0 Å². The van der Waals surface area contributed by atoms with Crippen molar-refractivity contribution in [3.63, 3.8) is 0 Å². The highest BCUT2D eigenvalue weighted by Crippen LogP contribution is 2.67. The van der Waals surface area contributed by atoms with Gasteiger partial charge < -0.3 is 15.3 Å². The number of hydrogen-bond donors (Lipinski definition) is 3. The molecule has 4 rings (SSSR count). The standard InChI is InChI=1S/C28H48O3/c1-16(2)17(3)13-24(30)18(4)21-7-8-22-26-23(10-12-28(21,22)6)27(5)11-9-20(29)14-19(27)15-25(26)31/h15-18,20-26,29-31H,7-14H2,1-6H3/t17-,18-,20-,21+,22-,23-,24-,25-,26-,27-,28+/m0/s1. The number of aliphatic hydroxyl groups excluding tert-OH is 3. The smallest absolute Gasteiger partial charge is 0.0757 e. The third-order valence-corrected chi connectivity index (χ3v) is 11.2. The predicted molar refractivity (Wildman–Crippen MR) is 126 cm³/mol. The van der Waals surface area contributed by atoms with Gasteiger partial charge in [-0.3, -0.25) is 0 Å². The SMILES string of the molecule is CC(C)[C@@H](C)C[C@H](O)[C@@H](C)[C@H]1CC[C@H]2[C@@H]3[C@@H](O)C=C4C[C@@H](O)CC[C@]4(C)[C@H]3CC[C@]12C. The van der Waals surface area contributed by atoms with Crippen molar-refractivity contribution >= 4 is 0 Å². The summed E-state index contributed by atoms with van der Waals surface area (Å²) in [6, 6.07) is 0. The first-order chi connectivity index (χ1) is 14.5. The van der Waals surface area contributed by atoms with E-state index >= 15 is 0 Å². The fraction of sp³-hybridized carbons (Fsp3) is 0.929. The van der Waals surface area contributed by atoms with Gasteiger partial charge in [-0.1, -0.05) is 53.2 Å². The first-order valence-corrected chi connectivity index (χ1v) is 13.2. The molecule has 4 aliphatic carbocycles. The first-order valence-electron chi connectivity index (χ1n) is 13.2. The largest absolute Gasteiger partial charge is 0.393 e. The Morgan fingerprint density at radius 3 is 2.35 bits per heavy atom. The molecule has 0 aliphatic heterocycles. The van der Waals surface area contributed by atoms with Crippen molar-refractivity contribution in [3.05, 3.63) is 11.6 Å². The summed E-state index contributed by atoms with van der Waals surface area (Å²) in [5.74, 6) is 3.44. The van der Waals surface area contributed by atoms with E-state index in [-0.39, 0.29) is 29.1 Å². The summed E-state index contributed by atoms with van der Waals surface area (Å²) >= 11 is 0. The molecule has 0 spiro atoms. The van der Waals surface area contributed by atoms with E-state index in [9.17, 15) is 15.3 Å². The van der Waals surface area contributed by atoms with E-state index in [1.807, 2.05) is 0 Å². The van der Waals surface area contributed by atoms with Crippen LogP contribution in [0.5, 0.6) is 0 Å². The predicted octanol–water partition coefficient (Wildman–Crippen LogP) is 5.58. The Labute approximate surface area is 190 Å². The van der Waals surface area contributed by atoms with Gasteiger partial charge in [-0.2, -0.15) is 0 Å². The highest BCUT2D eigenvalue weighted by molar-refractivity contribution is 5.28. The molecule has 0 aromatic rings. The van der Waals surface area contributed by atoms with E-state index in [1.54, 1.807) is 0 Å². The van der Waals surface area contributed by atoms with Crippen molar-refractivity contribution in [2.24, 2.45) is 52.3 Å². The van der Waals surface area contributed by atoms with E-state index in [0.717, 1.165) is 25.7 Å². The molecule has 4 aliphatic rings. The summed E-state index contributed by atoms with van der Waals surface area (Å²) in [4.78, 5) is 0. The highest BCUT2D eigenvalue weighted by Gasteiger charge is 2.61. The van der Waals surface area contributed by atoms with Crippen LogP contribution >= 0.6 is 0 Å². The Morgan fingerprint density at radius 2 is 1.68 bits per heavy atom. The van der Waals surface area contributed by atoms with Gasteiger partial charge >= 0.3 is 0 Å². The molecule has 0 unspecified atom stereocenters. The highest BCUT2D eigenvalue weighted by atomic mass is 16.3. The van der Waals surface area contributed by atoms with Crippen molar-refractivity contribution in [1.82, 2.24) is 0 Å². The Bertz CT molecular complexity index is 686. The van der Waals surface area contributed by atoms with Crippen LogP contribution in [0.15, 0.2) is 11.6 Å². The van der Waals surface area contributed by atoms with Crippen LogP contribution in [0.4, 0.5) is 0 Å². The summed E-state index contributed by atoms with van der Waals surface area (Å²) in [5.41, 5.74) is 1.70. The van der Waals surface area contributed by atoms with Crippen molar-refractivity contribution < 1.29 is 15.3 Å². The second-order valence-electron chi connectivity index (χ2n) is 12.9. The Hall–Kier alpha value is -0.380. The number of rotatable bonds is 5. The molecule has 178 valence electrons. The molecule has 0 aromatic heterocycles. The molecule has 0 aromatic carbocycles. The lowest BCUT2D eigenvalue weighted by Gasteiger charge is -2.59. The molecule has 3 saturated carbocycles. The zero-order valence-corrected chi connectivity index (χ0v) is 20.8. The molecule has 3 fully saturated rings. The van der Waals surface area contributed by atoms with Crippen LogP contribution in [0.3, 0.4) is 0 Å². The minimum absolute atomic E-state index is 0.153. The Balaban J connectivity index is 1.56. The van der Waals surface area contributed by atoms with Gasteiger partial charge in [0.1, 0.15) is 0 Å². The fourth-order valence-electron chi connectivity index (χ4n) is 8.67. The van der Waals surface area contributed by atoms with Crippen molar-refractivity contribution in [1.29, 1.82) is 0 Å². The minimum Gasteiger partial charge on any atom is -0.393 e. The van der Waals surface area contributed by atoms with Gasteiger partial charge in [0.15, 0.2) is 0 Å². The molecule has 3 nitrogen and oxygen atoms in total. The van der Waals surface area contributed by atoms with E-state index in [0.29, 0.717) is 41.4 Å². The van der Waals surface area contributed by atoms with Crippen LogP contribution in [0, 0.1) is 52.3 Å². The molecule has 11 atom stereocenters. The normalized spacial score (nSPS) is 47.7. The molecule has 0 heterocycles. The van der Waals surface area contributed by atoms with Gasteiger partial charge in [-0.25, -0.2) is 0 Å². The molecular formula is C28H48O3. The second-order valence-corrected chi connectivity index (χ2v) is 12.9. The van der Waals surface area contributed by atoms with Crippen LogP contribution in [-0.4, -0.2) is 33.6 Å². The average molecular weight is 433 g/mol. The quantitative estimate of drug-likeness (QED) is 0.497. The lowest BCUT2D eigenvalue weighted by atomic mass is 9.46. The summed E-state index contributed by atoms with van der Waals surface area (Å²) in [6.45, 7) is 14.0. The summed E-state index contributed by atoms with van der Waals surface area (Å²) in [5, 5.41) is 32.7. The van der Waals surface area contributed by atoms with Gasteiger partial charge in [-0.05, 0) is 104 Å². The maximum atomic E-state index is 11.3. The Morgan fingerprint density at radius 1 is 0.968 bits per heavy atom. The van der Waals surface area contributed by atoms with Crippen LogP contribution < -0.4 is 0 Å². The topological polar surface area (TPSA) is 60.7 Å². The zero-order chi connectivity index (χ0) is 22.7. The maximum Gasteiger partial charge on any atom is 0.0757 e. The second kappa shape index (κ2) is 8.44. The van der Waals surface area contributed by atoms with E-state index in [1.165, 1.54) is 31.3 Å². The minimum atomic E-state index is -0.372. The average Bonchev–Trinajstić information content (AvgIpc) is 3.05. The number of hydrogen-bond acceptors (Lipinski definition) is 3. The molecule has 0 saturated heterocycles. The fourth-order valence-corrected chi connectivity index (χ4v) is 8.67. The van der Waals surface area contributed by atoms with E-state index in [4.69, 9.17) is 0 Å². The van der Waals surface area contributed by atoms with Gasteiger partial charge in [0.2, 0.25) is 0 Å². The molecule has 0 bridgehead atoms.